The van der Waals surface area contributed by atoms with Gasteiger partial charge in [0.1, 0.15) is 0 Å². The lowest BCUT2D eigenvalue weighted by Crippen LogP contribution is -2.40. The van der Waals surface area contributed by atoms with Gasteiger partial charge in [-0.15, -0.1) is 0 Å². The van der Waals surface area contributed by atoms with Crippen LogP contribution in [0.5, 0.6) is 0 Å². The first-order valence-corrected chi connectivity index (χ1v) is 8.43. The summed E-state index contributed by atoms with van der Waals surface area (Å²) in [7, 11) is -3.34. The topological polar surface area (TPSA) is 109 Å². The maximum atomic E-state index is 11.7. The number of hydrogen-bond acceptors (Lipinski definition) is 6. The predicted octanol–water partition coefficient (Wildman–Crippen LogP) is -1.34. The number of nitrogens with two attached hydrogens (primary N) is 1. The van der Waals surface area contributed by atoms with Gasteiger partial charge in [-0.3, -0.25) is 19.7 Å². The molecule has 2 heterocycles. The molecule has 0 saturated carbocycles. The Morgan fingerprint density at radius 3 is 2.71 bits per heavy atom. The highest BCUT2D eigenvalue weighted by Crippen LogP contribution is 2.14. The van der Waals surface area contributed by atoms with Gasteiger partial charge in [-0.2, -0.15) is 0 Å². The van der Waals surface area contributed by atoms with Crippen molar-refractivity contribution >= 4 is 15.9 Å². The lowest BCUT2D eigenvalue weighted by molar-refractivity contribution is -0.122. The number of hydrogen-bond donors (Lipinski definition) is 1. The lowest BCUT2D eigenvalue weighted by Gasteiger charge is -2.21. The third-order valence-electron chi connectivity index (χ3n) is 3.44. The van der Waals surface area contributed by atoms with E-state index in [4.69, 9.17) is 5.73 Å². The molecular weight excluding hydrogens is 294 g/mol. The van der Waals surface area contributed by atoms with Crippen LogP contribution in [0.15, 0.2) is 18.6 Å². The van der Waals surface area contributed by atoms with Crippen LogP contribution in [0.25, 0.3) is 0 Å². The van der Waals surface area contributed by atoms with Crippen molar-refractivity contribution in [3.8, 4) is 0 Å². The number of carbonyl (C=O) groups excluding carboxylic acids is 1. The van der Waals surface area contributed by atoms with Crippen molar-refractivity contribution in [2.75, 3.05) is 32.4 Å². The maximum Gasteiger partial charge on any atom is 0.223 e. The molecule has 1 amide bonds. The standard InChI is InChI=1S/C12H19N5O3S/c1-21(19,20)17-5-4-16(7-10(8-17)12(13)18)9-11-6-14-2-3-15-11/h2-3,6,10H,4-5,7-9H2,1H3,(H2,13,18)/t10-/m0/s1. The van der Waals surface area contributed by atoms with Crippen LogP contribution in [-0.2, 0) is 21.4 Å². The second kappa shape index (κ2) is 6.46. The number of primary amides is 1. The third-order valence-corrected chi connectivity index (χ3v) is 4.71. The Morgan fingerprint density at radius 1 is 1.38 bits per heavy atom. The molecule has 1 aromatic rings. The summed E-state index contributed by atoms with van der Waals surface area (Å²) in [5.41, 5.74) is 6.15. The summed E-state index contributed by atoms with van der Waals surface area (Å²) in [6, 6.07) is 0. The van der Waals surface area contributed by atoms with Gasteiger partial charge < -0.3 is 5.73 Å². The van der Waals surface area contributed by atoms with Crippen LogP contribution in [0, 0.1) is 5.92 Å². The van der Waals surface area contributed by atoms with Gasteiger partial charge in [0.25, 0.3) is 0 Å². The van der Waals surface area contributed by atoms with E-state index in [0.717, 1.165) is 11.9 Å². The fourth-order valence-electron chi connectivity index (χ4n) is 2.32. The number of rotatable bonds is 4. The highest BCUT2D eigenvalue weighted by atomic mass is 32.2. The van der Waals surface area contributed by atoms with Crippen molar-refractivity contribution in [3.63, 3.8) is 0 Å². The summed E-state index contributed by atoms with van der Waals surface area (Å²) in [6.07, 6.45) is 5.98. The molecule has 0 bridgehead atoms. The molecule has 1 aromatic heterocycles. The highest BCUT2D eigenvalue weighted by molar-refractivity contribution is 7.88. The molecule has 1 saturated heterocycles. The van der Waals surface area contributed by atoms with Crippen molar-refractivity contribution < 1.29 is 13.2 Å². The minimum atomic E-state index is -3.34. The van der Waals surface area contributed by atoms with Crippen molar-refractivity contribution in [1.29, 1.82) is 0 Å². The number of sulfonamides is 1. The first-order chi connectivity index (χ1) is 9.86. The molecule has 8 nitrogen and oxygen atoms in total. The minimum Gasteiger partial charge on any atom is -0.369 e. The fraction of sp³-hybridized carbons (Fsp3) is 0.583. The summed E-state index contributed by atoms with van der Waals surface area (Å²) >= 11 is 0. The van der Waals surface area contributed by atoms with E-state index in [2.05, 4.69) is 9.97 Å². The molecular formula is C12H19N5O3S. The minimum absolute atomic E-state index is 0.130. The molecule has 21 heavy (non-hydrogen) atoms. The van der Waals surface area contributed by atoms with E-state index in [1.54, 1.807) is 18.6 Å². The molecule has 0 aromatic carbocycles. The van der Waals surface area contributed by atoms with Crippen LogP contribution >= 0.6 is 0 Å². The molecule has 1 fully saturated rings. The second-order valence-electron chi connectivity index (χ2n) is 5.15. The van der Waals surface area contributed by atoms with Crippen LogP contribution in [0.1, 0.15) is 5.69 Å². The van der Waals surface area contributed by atoms with Crippen LogP contribution in [0.2, 0.25) is 0 Å². The van der Waals surface area contributed by atoms with E-state index < -0.39 is 21.8 Å². The van der Waals surface area contributed by atoms with Crippen molar-refractivity contribution in [3.05, 3.63) is 24.3 Å². The van der Waals surface area contributed by atoms with Gasteiger partial charge in [-0.1, -0.05) is 0 Å². The summed E-state index contributed by atoms with van der Waals surface area (Å²) in [4.78, 5) is 21.7. The zero-order valence-corrected chi connectivity index (χ0v) is 12.7. The molecule has 0 unspecified atom stereocenters. The summed E-state index contributed by atoms with van der Waals surface area (Å²) in [5.74, 6) is -1.02. The Hall–Kier alpha value is -1.58. The Labute approximate surface area is 124 Å². The molecule has 9 heteroatoms. The van der Waals surface area contributed by atoms with Gasteiger partial charge in [0.05, 0.1) is 17.9 Å². The Kier molecular flexibility index (Phi) is 4.86. The maximum absolute atomic E-state index is 11.7. The predicted molar refractivity (Wildman–Crippen MR) is 76.4 cm³/mol. The molecule has 116 valence electrons. The average molecular weight is 313 g/mol. The van der Waals surface area contributed by atoms with Crippen LogP contribution in [0.3, 0.4) is 0 Å². The molecule has 1 aliphatic rings. The number of nitrogens with zero attached hydrogens (tertiary/aromatic N) is 4. The Bertz CT molecular complexity index is 592. The zero-order chi connectivity index (χ0) is 15.5. The van der Waals surface area contributed by atoms with Gasteiger partial charge >= 0.3 is 0 Å². The summed E-state index contributed by atoms with van der Waals surface area (Å²) in [6.45, 7) is 1.91. The first kappa shape index (κ1) is 15.8. The van der Waals surface area contributed by atoms with E-state index in [1.807, 2.05) is 4.90 Å². The number of carbonyl (C=O) groups is 1. The van der Waals surface area contributed by atoms with Gasteiger partial charge in [0, 0.05) is 51.3 Å². The summed E-state index contributed by atoms with van der Waals surface area (Å²) < 4.78 is 24.7. The van der Waals surface area contributed by atoms with E-state index in [1.165, 1.54) is 4.31 Å². The highest BCUT2D eigenvalue weighted by Gasteiger charge is 2.30. The van der Waals surface area contributed by atoms with Gasteiger partial charge in [0.2, 0.25) is 15.9 Å². The molecule has 2 N–H and O–H groups in total. The van der Waals surface area contributed by atoms with E-state index in [-0.39, 0.29) is 6.54 Å². The monoisotopic (exact) mass is 313 g/mol. The Balaban J connectivity index is 2.12. The van der Waals surface area contributed by atoms with Crippen LogP contribution < -0.4 is 5.73 Å². The van der Waals surface area contributed by atoms with Crippen LogP contribution in [0.4, 0.5) is 0 Å². The molecule has 0 spiro atoms. The van der Waals surface area contributed by atoms with Gasteiger partial charge in [-0.05, 0) is 0 Å². The van der Waals surface area contributed by atoms with Crippen molar-refractivity contribution in [2.24, 2.45) is 11.7 Å². The smallest absolute Gasteiger partial charge is 0.223 e. The van der Waals surface area contributed by atoms with E-state index >= 15 is 0 Å². The summed E-state index contributed by atoms with van der Waals surface area (Å²) in [5, 5.41) is 0. The molecule has 0 aliphatic carbocycles. The average Bonchev–Trinajstić information content (AvgIpc) is 2.62. The normalized spacial score (nSPS) is 21.9. The molecule has 1 atom stereocenters. The van der Waals surface area contributed by atoms with Crippen molar-refractivity contribution in [1.82, 2.24) is 19.2 Å². The molecule has 2 rings (SSSR count). The fourth-order valence-corrected chi connectivity index (χ4v) is 3.18. The second-order valence-corrected chi connectivity index (χ2v) is 7.13. The SMILES string of the molecule is CS(=O)(=O)N1CCN(Cc2cnccn2)C[C@H](C(N)=O)C1. The van der Waals surface area contributed by atoms with Crippen LogP contribution in [-0.4, -0.2) is 65.9 Å². The molecule has 1 aliphatic heterocycles. The van der Waals surface area contributed by atoms with Crippen molar-refractivity contribution in [2.45, 2.75) is 6.54 Å². The Morgan fingerprint density at radius 2 is 2.14 bits per heavy atom. The van der Waals surface area contributed by atoms with E-state index in [9.17, 15) is 13.2 Å². The molecule has 0 radical (unpaired) electrons. The number of aromatic nitrogens is 2. The third kappa shape index (κ3) is 4.45. The largest absolute Gasteiger partial charge is 0.369 e. The van der Waals surface area contributed by atoms with Gasteiger partial charge in [-0.25, -0.2) is 12.7 Å². The van der Waals surface area contributed by atoms with E-state index in [0.29, 0.717) is 26.2 Å². The zero-order valence-electron chi connectivity index (χ0n) is 11.8. The quantitative estimate of drug-likeness (QED) is 0.736. The van der Waals surface area contributed by atoms with Gasteiger partial charge in [0.15, 0.2) is 0 Å². The number of amides is 1. The first-order valence-electron chi connectivity index (χ1n) is 6.58. The lowest BCUT2D eigenvalue weighted by atomic mass is 10.1.